The zero-order chi connectivity index (χ0) is 19.8. The zero-order valence-electron chi connectivity index (χ0n) is 15.7. The Morgan fingerprint density at radius 1 is 1.11 bits per heavy atom. The molecule has 2 N–H and O–H groups in total. The summed E-state index contributed by atoms with van der Waals surface area (Å²) < 4.78 is 29.2. The van der Waals surface area contributed by atoms with E-state index in [-0.39, 0.29) is 11.6 Å². The van der Waals surface area contributed by atoms with Crippen molar-refractivity contribution in [3.8, 4) is 5.69 Å². The molecule has 0 bridgehead atoms. The Bertz CT molecular complexity index is 922. The molecule has 0 saturated carbocycles. The number of hydrogen-bond donors (Lipinski definition) is 2. The first-order valence-electron chi connectivity index (χ1n) is 9.19. The highest BCUT2D eigenvalue weighted by molar-refractivity contribution is 5.79. The summed E-state index contributed by atoms with van der Waals surface area (Å²) in [4.78, 5) is 8.43. The Kier molecular flexibility index (Phi) is 6.73. The third-order valence-electron chi connectivity index (χ3n) is 4.15. The highest BCUT2D eigenvalue weighted by Crippen LogP contribution is 2.15. The van der Waals surface area contributed by atoms with E-state index < -0.39 is 0 Å². The van der Waals surface area contributed by atoms with Crippen LogP contribution < -0.4 is 10.6 Å². The van der Waals surface area contributed by atoms with Gasteiger partial charge in [0.2, 0.25) is 0 Å². The second-order valence-corrected chi connectivity index (χ2v) is 6.26. The summed E-state index contributed by atoms with van der Waals surface area (Å²) in [6.07, 6.45) is 5.54. The van der Waals surface area contributed by atoms with Crippen LogP contribution in [0.25, 0.3) is 5.69 Å². The number of aromatic nitrogens is 2. The van der Waals surface area contributed by atoms with Gasteiger partial charge in [0.05, 0.1) is 18.6 Å². The van der Waals surface area contributed by atoms with Gasteiger partial charge in [-0.2, -0.15) is 0 Å². The lowest BCUT2D eigenvalue weighted by Crippen LogP contribution is -2.38. The number of hydrogen-bond acceptors (Lipinski definition) is 2. The third kappa shape index (κ3) is 5.39. The molecule has 146 valence electrons. The van der Waals surface area contributed by atoms with Crippen LogP contribution in [0, 0.1) is 11.6 Å². The first kappa shape index (κ1) is 19.5. The van der Waals surface area contributed by atoms with Gasteiger partial charge in [0.1, 0.15) is 11.6 Å². The van der Waals surface area contributed by atoms with Gasteiger partial charge in [-0.1, -0.05) is 18.2 Å². The second-order valence-electron chi connectivity index (χ2n) is 6.26. The fourth-order valence-electron chi connectivity index (χ4n) is 2.79. The summed E-state index contributed by atoms with van der Waals surface area (Å²) in [7, 11) is 0. The number of nitrogens with zero attached hydrogens (tertiary/aromatic N) is 3. The molecular weight excluding hydrogens is 360 g/mol. The summed E-state index contributed by atoms with van der Waals surface area (Å²) in [5, 5.41) is 6.38. The normalized spacial score (nSPS) is 11.5. The van der Waals surface area contributed by atoms with Crippen LogP contribution in [0.4, 0.5) is 8.78 Å². The first-order valence-corrected chi connectivity index (χ1v) is 9.19. The van der Waals surface area contributed by atoms with Crippen LogP contribution in [0.5, 0.6) is 0 Å². The largest absolute Gasteiger partial charge is 0.357 e. The molecule has 0 aliphatic heterocycles. The van der Waals surface area contributed by atoms with Crippen molar-refractivity contribution >= 4 is 5.96 Å². The number of guanidine groups is 1. The Labute approximate surface area is 163 Å². The van der Waals surface area contributed by atoms with Gasteiger partial charge in [-0.05, 0) is 48.7 Å². The number of benzene rings is 2. The number of nitrogens with one attached hydrogen (secondary N) is 2. The first-order chi connectivity index (χ1) is 13.7. The van der Waals surface area contributed by atoms with Crippen molar-refractivity contribution in [3.63, 3.8) is 0 Å². The molecule has 7 heteroatoms. The number of imidazole rings is 1. The molecule has 0 unspecified atom stereocenters. The maximum absolute atomic E-state index is 14.3. The summed E-state index contributed by atoms with van der Waals surface area (Å²) >= 11 is 0. The average Bonchev–Trinajstić information content (AvgIpc) is 3.21. The molecule has 0 amide bonds. The van der Waals surface area contributed by atoms with Gasteiger partial charge < -0.3 is 15.2 Å². The van der Waals surface area contributed by atoms with Crippen molar-refractivity contribution in [1.82, 2.24) is 20.2 Å². The third-order valence-corrected chi connectivity index (χ3v) is 4.15. The topological polar surface area (TPSA) is 54.2 Å². The molecule has 28 heavy (non-hydrogen) atoms. The van der Waals surface area contributed by atoms with Crippen LogP contribution in [0.15, 0.2) is 66.2 Å². The number of rotatable bonds is 7. The molecule has 3 rings (SSSR count). The quantitative estimate of drug-likeness (QED) is 0.485. The molecule has 1 aromatic heterocycles. The van der Waals surface area contributed by atoms with E-state index >= 15 is 0 Å². The fourth-order valence-corrected chi connectivity index (χ4v) is 2.79. The van der Waals surface area contributed by atoms with Crippen molar-refractivity contribution in [2.75, 3.05) is 13.1 Å². The zero-order valence-corrected chi connectivity index (χ0v) is 15.7. The Hall–Kier alpha value is -3.22. The number of halogens is 2. The van der Waals surface area contributed by atoms with Gasteiger partial charge in [0.25, 0.3) is 0 Å². The standard InChI is InChI=1S/C21H23F2N5/c1-2-25-21(26-9-8-16-4-3-5-18(22)12-16)27-14-17-6-7-20(19(23)13-17)28-11-10-24-15-28/h3-7,10-13,15H,2,8-9,14H2,1H3,(H2,25,26,27). The molecule has 0 aliphatic rings. The van der Waals surface area contributed by atoms with E-state index in [1.807, 2.05) is 19.1 Å². The van der Waals surface area contributed by atoms with E-state index in [0.29, 0.717) is 37.7 Å². The van der Waals surface area contributed by atoms with E-state index in [1.165, 1.54) is 18.2 Å². The molecule has 0 saturated heterocycles. The van der Waals surface area contributed by atoms with Crippen LogP contribution in [0.3, 0.4) is 0 Å². The van der Waals surface area contributed by atoms with E-state index in [9.17, 15) is 8.78 Å². The highest BCUT2D eigenvalue weighted by Gasteiger charge is 2.06. The van der Waals surface area contributed by atoms with Gasteiger partial charge in [-0.3, -0.25) is 0 Å². The minimum atomic E-state index is -0.324. The van der Waals surface area contributed by atoms with Gasteiger partial charge in [-0.15, -0.1) is 0 Å². The monoisotopic (exact) mass is 383 g/mol. The molecule has 0 fully saturated rings. The number of aliphatic imine (C=N–C) groups is 1. The maximum atomic E-state index is 14.3. The summed E-state index contributed by atoms with van der Waals surface area (Å²) in [5.74, 6) is 0.0759. The van der Waals surface area contributed by atoms with E-state index in [2.05, 4.69) is 20.6 Å². The average molecular weight is 383 g/mol. The van der Waals surface area contributed by atoms with Gasteiger partial charge in [0.15, 0.2) is 5.96 Å². The smallest absolute Gasteiger partial charge is 0.191 e. The van der Waals surface area contributed by atoms with Crippen LogP contribution in [-0.2, 0) is 13.0 Å². The molecule has 0 radical (unpaired) electrons. The molecule has 1 heterocycles. The second kappa shape index (κ2) is 9.64. The SMILES string of the molecule is CCNC(=NCc1ccc(-n2ccnc2)c(F)c1)NCCc1cccc(F)c1. The molecular formula is C21H23F2N5. The van der Waals surface area contributed by atoms with Crippen molar-refractivity contribution in [2.45, 2.75) is 19.9 Å². The van der Waals surface area contributed by atoms with Gasteiger partial charge in [0, 0.05) is 25.5 Å². The molecule has 0 aliphatic carbocycles. The highest BCUT2D eigenvalue weighted by atomic mass is 19.1. The van der Waals surface area contributed by atoms with Crippen LogP contribution in [-0.4, -0.2) is 28.6 Å². The van der Waals surface area contributed by atoms with E-state index in [4.69, 9.17) is 0 Å². The lowest BCUT2D eigenvalue weighted by atomic mass is 10.1. The Balaban J connectivity index is 1.60. The van der Waals surface area contributed by atoms with Crippen molar-refractivity contribution in [3.05, 3.63) is 83.9 Å². The van der Waals surface area contributed by atoms with Gasteiger partial charge in [-0.25, -0.2) is 18.8 Å². The van der Waals surface area contributed by atoms with Crippen LogP contribution in [0.1, 0.15) is 18.1 Å². The summed E-state index contributed by atoms with van der Waals surface area (Å²) in [6.45, 7) is 3.64. The minimum absolute atomic E-state index is 0.237. The van der Waals surface area contributed by atoms with E-state index in [0.717, 1.165) is 11.1 Å². The molecule has 0 atom stereocenters. The molecule has 3 aromatic rings. The van der Waals surface area contributed by atoms with Crippen molar-refractivity contribution in [1.29, 1.82) is 0 Å². The lowest BCUT2D eigenvalue weighted by Gasteiger charge is -2.12. The Morgan fingerprint density at radius 2 is 2.00 bits per heavy atom. The van der Waals surface area contributed by atoms with Crippen molar-refractivity contribution < 1.29 is 8.78 Å². The maximum Gasteiger partial charge on any atom is 0.191 e. The lowest BCUT2D eigenvalue weighted by molar-refractivity contribution is 0.615. The predicted molar refractivity (Wildman–Crippen MR) is 106 cm³/mol. The molecule has 5 nitrogen and oxygen atoms in total. The summed E-state index contributed by atoms with van der Waals surface area (Å²) in [6, 6.07) is 11.6. The minimum Gasteiger partial charge on any atom is -0.357 e. The summed E-state index contributed by atoms with van der Waals surface area (Å²) in [5.41, 5.74) is 2.13. The van der Waals surface area contributed by atoms with Crippen LogP contribution in [0.2, 0.25) is 0 Å². The molecule has 2 aromatic carbocycles. The molecule has 0 spiro atoms. The predicted octanol–water partition coefficient (Wildman–Crippen LogP) is 3.45. The van der Waals surface area contributed by atoms with E-state index in [1.54, 1.807) is 35.4 Å². The fraction of sp³-hybridized carbons (Fsp3) is 0.238. The van der Waals surface area contributed by atoms with Gasteiger partial charge >= 0.3 is 0 Å². The Morgan fingerprint density at radius 3 is 2.71 bits per heavy atom. The van der Waals surface area contributed by atoms with Crippen molar-refractivity contribution in [2.24, 2.45) is 4.99 Å². The van der Waals surface area contributed by atoms with Crippen LogP contribution >= 0.6 is 0 Å².